The van der Waals surface area contributed by atoms with Crippen LogP contribution in [-0.4, -0.2) is 6.54 Å². The summed E-state index contributed by atoms with van der Waals surface area (Å²) in [5.74, 6) is 0. The molecule has 2 aromatic rings. The van der Waals surface area contributed by atoms with Crippen molar-refractivity contribution in [2.75, 3.05) is 11.4 Å². The number of nitrogens with zero attached hydrogens (tertiary/aromatic N) is 1. The first kappa shape index (κ1) is 12.1. The minimum Gasteiger partial charge on any atom is -0.341 e. The average Bonchev–Trinajstić information content (AvgIpc) is 2.37. The zero-order valence-corrected chi connectivity index (χ0v) is 12.2. The lowest BCUT2D eigenvalue weighted by Crippen LogP contribution is -2.24. The van der Waals surface area contributed by atoms with Gasteiger partial charge in [0.05, 0.1) is 0 Å². The van der Waals surface area contributed by atoms with Gasteiger partial charge in [-0.05, 0) is 42.7 Å². The van der Waals surface area contributed by atoms with Gasteiger partial charge in [-0.3, -0.25) is 0 Å². The molecule has 0 aromatic heterocycles. The van der Waals surface area contributed by atoms with Crippen LogP contribution in [0.15, 0.2) is 46.9 Å². The lowest BCUT2D eigenvalue weighted by atomic mass is 10.0. The molecular formula is C15H13BrClN. The number of hydrogen-bond acceptors (Lipinski definition) is 1. The molecule has 0 unspecified atom stereocenters. The highest BCUT2D eigenvalue weighted by Gasteiger charge is 2.18. The number of benzene rings is 2. The fourth-order valence-electron chi connectivity index (χ4n) is 2.50. The molecule has 3 rings (SSSR count). The molecule has 0 radical (unpaired) electrons. The van der Waals surface area contributed by atoms with Crippen LogP contribution in [0.1, 0.15) is 12.0 Å². The smallest absolute Gasteiger partial charge is 0.0443 e. The van der Waals surface area contributed by atoms with Gasteiger partial charge < -0.3 is 4.90 Å². The average molecular weight is 323 g/mol. The van der Waals surface area contributed by atoms with Gasteiger partial charge in [-0.1, -0.05) is 45.7 Å². The number of aryl methyl sites for hydroxylation is 1. The Balaban J connectivity index is 2.08. The third kappa shape index (κ3) is 2.27. The molecule has 0 aliphatic carbocycles. The van der Waals surface area contributed by atoms with Crippen molar-refractivity contribution < 1.29 is 0 Å². The molecule has 0 fully saturated rings. The predicted octanol–water partition coefficient (Wildman–Crippen LogP) is 5.19. The van der Waals surface area contributed by atoms with Crippen LogP contribution in [0, 0.1) is 0 Å². The minimum atomic E-state index is 0.766. The van der Waals surface area contributed by atoms with Crippen molar-refractivity contribution in [3.8, 4) is 0 Å². The second-order valence-corrected chi connectivity index (χ2v) is 5.86. The van der Waals surface area contributed by atoms with Crippen LogP contribution in [0.4, 0.5) is 11.4 Å². The van der Waals surface area contributed by atoms with Gasteiger partial charge in [0.2, 0.25) is 0 Å². The van der Waals surface area contributed by atoms with E-state index in [0.717, 1.165) is 28.1 Å². The fourth-order valence-corrected chi connectivity index (χ4v) is 3.34. The third-order valence-electron chi connectivity index (χ3n) is 3.27. The van der Waals surface area contributed by atoms with E-state index in [2.05, 4.69) is 51.2 Å². The monoisotopic (exact) mass is 321 g/mol. The van der Waals surface area contributed by atoms with Crippen LogP contribution in [0.25, 0.3) is 0 Å². The molecule has 1 aliphatic heterocycles. The fraction of sp³-hybridized carbons (Fsp3) is 0.200. The number of para-hydroxylation sites is 1. The van der Waals surface area contributed by atoms with Gasteiger partial charge in [-0.15, -0.1) is 0 Å². The maximum atomic E-state index is 6.14. The molecule has 0 saturated heterocycles. The molecule has 0 saturated carbocycles. The van der Waals surface area contributed by atoms with Crippen molar-refractivity contribution >= 4 is 38.9 Å². The Bertz CT molecular complexity index is 562. The number of hydrogen-bond donors (Lipinski definition) is 0. The summed E-state index contributed by atoms with van der Waals surface area (Å²) in [7, 11) is 0. The molecular weight excluding hydrogens is 310 g/mol. The topological polar surface area (TPSA) is 3.24 Å². The van der Waals surface area contributed by atoms with E-state index in [1.165, 1.54) is 17.7 Å². The standard InChI is InChI=1S/C15H13BrClN/c16-12-8-13(17)10-14(9-12)18-7-3-5-11-4-1-2-6-15(11)18/h1-2,4,6,8-10H,3,5,7H2. The number of anilines is 2. The minimum absolute atomic E-state index is 0.766. The summed E-state index contributed by atoms with van der Waals surface area (Å²) in [6.07, 6.45) is 2.34. The Morgan fingerprint density at radius 3 is 2.78 bits per heavy atom. The molecule has 1 nitrogen and oxygen atoms in total. The van der Waals surface area contributed by atoms with Crippen LogP contribution in [0.5, 0.6) is 0 Å². The Labute approximate surface area is 121 Å². The van der Waals surface area contributed by atoms with Crippen LogP contribution in [-0.2, 0) is 6.42 Å². The van der Waals surface area contributed by atoms with Crippen molar-refractivity contribution in [3.63, 3.8) is 0 Å². The van der Waals surface area contributed by atoms with Crippen molar-refractivity contribution in [1.82, 2.24) is 0 Å². The molecule has 0 atom stereocenters. The van der Waals surface area contributed by atoms with Gasteiger partial charge in [0.1, 0.15) is 0 Å². The van der Waals surface area contributed by atoms with Crippen molar-refractivity contribution in [3.05, 3.63) is 57.5 Å². The van der Waals surface area contributed by atoms with E-state index in [1.807, 2.05) is 12.1 Å². The lowest BCUT2D eigenvalue weighted by Gasteiger charge is -2.31. The number of halogens is 2. The van der Waals surface area contributed by atoms with Gasteiger partial charge >= 0.3 is 0 Å². The molecule has 1 heterocycles. The quantitative estimate of drug-likeness (QED) is 0.698. The Hall–Kier alpha value is -0.990. The molecule has 1 aliphatic rings. The van der Waals surface area contributed by atoms with Crippen LogP contribution in [0.3, 0.4) is 0 Å². The number of rotatable bonds is 1. The SMILES string of the molecule is Clc1cc(Br)cc(N2CCCc3ccccc32)c1. The van der Waals surface area contributed by atoms with Crippen LogP contribution >= 0.6 is 27.5 Å². The molecule has 0 bridgehead atoms. The van der Waals surface area contributed by atoms with E-state index in [4.69, 9.17) is 11.6 Å². The van der Waals surface area contributed by atoms with E-state index in [9.17, 15) is 0 Å². The predicted molar refractivity (Wildman–Crippen MR) is 80.9 cm³/mol. The summed E-state index contributed by atoms with van der Waals surface area (Å²) in [6, 6.07) is 14.7. The summed E-state index contributed by atoms with van der Waals surface area (Å²) in [4.78, 5) is 2.34. The lowest BCUT2D eigenvalue weighted by molar-refractivity contribution is 0.767. The van der Waals surface area contributed by atoms with Gasteiger partial charge in [-0.2, -0.15) is 0 Å². The summed E-state index contributed by atoms with van der Waals surface area (Å²) in [5.41, 5.74) is 3.87. The zero-order valence-electron chi connectivity index (χ0n) is 9.87. The molecule has 0 amide bonds. The molecule has 18 heavy (non-hydrogen) atoms. The van der Waals surface area contributed by atoms with Crippen molar-refractivity contribution in [1.29, 1.82) is 0 Å². The maximum Gasteiger partial charge on any atom is 0.0443 e. The largest absolute Gasteiger partial charge is 0.341 e. The molecule has 0 spiro atoms. The highest BCUT2D eigenvalue weighted by molar-refractivity contribution is 9.10. The second kappa shape index (κ2) is 4.94. The van der Waals surface area contributed by atoms with Gasteiger partial charge in [0.15, 0.2) is 0 Å². The molecule has 3 heteroatoms. The van der Waals surface area contributed by atoms with E-state index >= 15 is 0 Å². The van der Waals surface area contributed by atoms with Gasteiger partial charge in [0, 0.05) is 27.4 Å². The van der Waals surface area contributed by atoms with Crippen molar-refractivity contribution in [2.24, 2.45) is 0 Å². The summed E-state index contributed by atoms with van der Waals surface area (Å²) in [5, 5.41) is 0.766. The Kier molecular flexibility index (Phi) is 3.31. The van der Waals surface area contributed by atoms with E-state index in [-0.39, 0.29) is 0 Å². The highest BCUT2D eigenvalue weighted by atomic mass is 79.9. The first-order chi connectivity index (χ1) is 8.74. The highest BCUT2D eigenvalue weighted by Crippen LogP contribution is 2.35. The molecule has 2 aromatic carbocycles. The maximum absolute atomic E-state index is 6.14. The van der Waals surface area contributed by atoms with E-state index in [0.29, 0.717) is 0 Å². The normalized spacial score (nSPS) is 14.4. The molecule has 0 N–H and O–H groups in total. The van der Waals surface area contributed by atoms with Gasteiger partial charge in [-0.25, -0.2) is 0 Å². The first-order valence-corrected chi connectivity index (χ1v) is 7.23. The summed E-state index contributed by atoms with van der Waals surface area (Å²) < 4.78 is 1.02. The van der Waals surface area contributed by atoms with Crippen LogP contribution < -0.4 is 4.90 Å². The van der Waals surface area contributed by atoms with Crippen molar-refractivity contribution in [2.45, 2.75) is 12.8 Å². The Morgan fingerprint density at radius 2 is 1.94 bits per heavy atom. The summed E-state index contributed by atoms with van der Waals surface area (Å²) in [6.45, 7) is 1.05. The summed E-state index contributed by atoms with van der Waals surface area (Å²) >= 11 is 9.65. The van der Waals surface area contributed by atoms with E-state index < -0.39 is 0 Å². The molecule has 92 valence electrons. The number of fused-ring (bicyclic) bond motifs is 1. The van der Waals surface area contributed by atoms with E-state index in [1.54, 1.807) is 0 Å². The Morgan fingerprint density at radius 1 is 1.11 bits per heavy atom. The first-order valence-electron chi connectivity index (χ1n) is 6.05. The van der Waals surface area contributed by atoms with Crippen LogP contribution in [0.2, 0.25) is 5.02 Å². The second-order valence-electron chi connectivity index (χ2n) is 4.51. The van der Waals surface area contributed by atoms with Gasteiger partial charge in [0.25, 0.3) is 0 Å². The third-order valence-corrected chi connectivity index (χ3v) is 3.95. The zero-order chi connectivity index (χ0) is 12.5.